The molecule has 3 rings (SSSR count). The van der Waals surface area contributed by atoms with Crippen LogP contribution in [0.2, 0.25) is 0 Å². The summed E-state index contributed by atoms with van der Waals surface area (Å²) in [6.45, 7) is 8.49. The van der Waals surface area contributed by atoms with Gasteiger partial charge in [-0.1, -0.05) is 39.0 Å². The Balaban J connectivity index is 2.00. The third-order valence-corrected chi connectivity index (χ3v) is 4.01. The van der Waals surface area contributed by atoms with Crippen LogP contribution in [0.1, 0.15) is 26.3 Å². The highest BCUT2D eigenvalue weighted by atomic mass is 16.5. The lowest BCUT2D eigenvalue weighted by molar-refractivity contribution is -0.119. The summed E-state index contributed by atoms with van der Waals surface area (Å²) in [7, 11) is 0. The summed E-state index contributed by atoms with van der Waals surface area (Å²) in [6.07, 6.45) is 5.84. The van der Waals surface area contributed by atoms with Crippen molar-refractivity contribution in [1.29, 1.82) is 0 Å². The molecule has 0 bridgehead atoms. The fraction of sp³-hybridized carbons (Fsp3) is 0.389. The zero-order valence-electron chi connectivity index (χ0n) is 12.9. The van der Waals surface area contributed by atoms with Gasteiger partial charge in [-0.05, 0) is 41.7 Å². The number of carbonyl (C=O) groups is 1. The molecule has 1 aromatic carbocycles. The number of anilines is 1. The first-order valence-electron chi connectivity index (χ1n) is 7.33. The third kappa shape index (κ3) is 2.60. The minimum absolute atomic E-state index is 0.00944. The molecule has 2 aliphatic rings. The molecule has 0 fully saturated rings. The molecule has 110 valence electrons. The van der Waals surface area contributed by atoms with Crippen molar-refractivity contribution >= 4 is 11.6 Å². The molecule has 3 nitrogen and oxygen atoms in total. The van der Waals surface area contributed by atoms with E-state index in [0.717, 1.165) is 17.0 Å². The van der Waals surface area contributed by atoms with E-state index in [1.807, 2.05) is 37.3 Å². The second kappa shape index (κ2) is 4.76. The number of rotatable bonds is 0. The number of aryl methyl sites for hydroxylation is 1. The Morgan fingerprint density at radius 1 is 1.24 bits per heavy atom. The molecule has 0 radical (unpaired) electrons. The highest BCUT2D eigenvalue weighted by molar-refractivity contribution is 5.96. The van der Waals surface area contributed by atoms with E-state index in [0.29, 0.717) is 0 Å². The molecule has 1 N–H and O–H groups in total. The number of hydrogen-bond donors (Lipinski definition) is 1. The van der Waals surface area contributed by atoms with Gasteiger partial charge in [-0.3, -0.25) is 4.79 Å². The molecule has 0 aromatic heterocycles. The van der Waals surface area contributed by atoms with Gasteiger partial charge in [0.25, 0.3) is 0 Å². The Morgan fingerprint density at radius 3 is 2.71 bits per heavy atom. The van der Waals surface area contributed by atoms with Crippen molar-refractivity contribution in [2.24, 2.45) is 11.3 Å². The Kier molecular flexibility index (Phi) is 3.16. The fourth-order valence-corrected chi connectivity index (χ4v) is 2.70. The van der Waals surface area contributed by atoms with Crippen molar-refractivity contribution in [2.45, 2.75) is 33.8 Å². The normalized spacial score (nSPS) is 24.2. The van der Waals surface area contributed by atoms with E-state index in [2.05, 4.69) is 32.2 Å². The predicted molar refractivity (Wildman–Crippen MR) is 84.4 cm³/mol. The maximum Gasteiger partial charge on any atom is 0.235 e. The SMILES string of the molecule is Cc1ccc2c(c1)NC(=O)C1C=CC(C(C)(C)C)=CC1O2. The minimum Gasteiger partial charge on any atom is -0.483 e. The molecule has 0 saturated carbocycles. The van der Waals surface area contributed by atoms with Gasteiger partial charge in [-0.15, -0.1) is 0 Å². The smallest absolute Gasteiger partial charge is 0.235 e. The van der Waals surface area contributed by atoms with Crippen molar-refractivity contribution in [1.82, 2.24) is 0 Å². The van der Waals surface area contributed by atoms with Crippen molar-refractivity contribution in [3.63, 3.8) is 0 Å². The van der Waals surface area contributed by atoms with Gasteiger partial charge in [0, 0.05) is 0 Å². The van der Waals surface area contributed by atoms with Crippen LogP contribution in [-0.4, -0.2) is 12.0 Å². The number of hydrogen-bond acceptors (Lipinski definition) is 2. The summed E-state index contributed by atoms with van der Waals surface area (Å²) < 4.78 is 6.10. The third-order valence-electron chi connectivity index (χ3n) is 4.01. The van der Waals surface area contributed by atoms with Crippen LogP contribution in [0.15, 0.2) is 42.0 Å². The number of amides is 1. The highest BCUT2D eigenvalue weighted by Crippen LogP contribution is 2.37. The van der Waals surface area contributed by atoms with Crippen molar-refractivity contribution < 1.29 is 9.53 Å². The number of fused-ring (bicyclic) bond motifs is 2. The molecule has 1 amide bonds. The topological polar surface area (TPSA) is 38.3 Å². The number of allylic oxidation sites excluding steroid dienone is 2. The summed E-state index contributed by atoms with van der Waals surface area (Å²) in [5, 5.41) is 2.97. The van der Waals surface area contributed by atoms with E-state index >= 15 is 0 Å². The number of nitrogens with one attached hydrogen (secondary N) is 1. The Labute approximate surface area is 125 Å². The number of benzene rings is 1. The minimum atomic E-state index is -0.274. The molecule has 21 heavy (non-hydrogen) atoms. The molecular formula is C18H21NO2. The monoisotopic (exact) mass is 283 g/mol. The lowest BCUT2D eigenvalue weighted by Gasteiger charge is -2.28. The first-order valence-corrected chi connectivity index (χ1v) is 7.33. The van der Waals surface area contributed by atoms with Crippen LogP contribution < -0.4 is 10.1 Å². The molecule has 2 atom stereocenters. The number of carbonyl (C=O) groups excluding carboxylic acids is 1. The summed E-state index contributed by atoms with van der Waals surface area (Å²) in [4.78, 5) is 12.4. The van der Waals surface area contributed by atoms with Gasteiger partial charge in [-0.25, -0.2) is 0 Å². The molecule has 1 aromatic rings. The largest absolute Gasteiger partial charge is 0.483 e. The predicted octanol–water partition coefficient (Wildman–Crippen LogP) is 3.85. The van der Waals surface area contributed by atoms with E-state index in [-0.39, 0.29) is 23.3 Å². The number of ether oxygens (including phenoxy) is 1. The molecule has 0 saturated heterocycles. The summed E-state index contributed by atoms with van der Waals surface area (Å²) in [5.74, 6) is 0.454. The van der Waals surface area contributed by atoms with E-state index in [4.69, 9.17) is 4.74 Å². The van der Waals surface area contributed by atoms with Crippen LogP contribution >= 0.6 is 0 Å². The van der Waals surface area contributed by atoms with Gasteiger partial charge in [-0.2, -0.15) is 0 Å². The molecule has 3 heteroatoms. The van der Waals surface area contributed by atoms with E-state index in [1.54, 1.807) is 0 Å². The summed E-state index contributed by atoms with van der Waals surface area (Å²) in [6, 6.07) is 5.87. The molecule has 1 aliphatic carbocycles. The van der Waals surface area contributed by atoms with Crippen molar-refractivity contribution in [2.75, 3.05) is 5.32 Å². The average Bonchev–Trinajstić information content (AvgIpc) is 2.53. The van der Waals surface area contributed by atoms with E-state index in [9.17, 15) is 4.79 Å². The van der Waals surface area contributed by atoms with Crippen LogP contribution in [0, 0.1) is 18.3 Å². The average molecular weight is 283 g/mol. The lowest BCUT2D eigenvalue weighted by atomic mass is 9.80. The van der Waals surface area contributed by atoms with Gasteiger partial charge in [0.2, 0.25) is 5.91 Å². The van der Waals surface area contributed by atoms with Gasteiger partial charge in [0.15, 0.2) is 0 Å². The quantitative estimate of drug-likeness (QED) is 0.785. The molecule has 0 spiro atoms. The van der Waals surface area contributed by atoms with Crippen LogP contribution in [0.25, 0.3) is 0 Å². The molecule has 1 aliphatic heterocycles. The van der Waals surface area contributed by atoms with Crippen LogP contribution in [0.5, 0.6) is 5.75 Å². The van der Waals surface area contributed by atoms with E-state index < -0.39 is 0 Å². The Bertz CT molecular complexity index is 650. The first-order chi connectivity index (χ1) is 9.84. The standard InChI is InChI=1S/C18H21NO2/c1-11-5-8-15-14(9-11)19-17(20)13-7-6-12(18(2,3)4)10-16(13)21-15/h5-10,13,16H,1-4H3,(H,19,20). The maximum absolute atomic E-state index is 12.4. The maximum atomic E-state index is 12.4. The van der Waals surface area contributed by atoms with Crippen LogP contribution in [-0.2, 0) is 4.79 Å². The second-order valence-electron chi connectivity index (χ2n) is 6.83. The Hall–Kier alpha value is -2.03. The van der Waals surface area contributed by atoms with Gasteiger partial charge >= 0.3 is 0 Å². The van der Waals surface area contributed by atoms with E-state index in [1.165, 1.54) is 5.57 Å². The van der Waals surface area contributed by atoms with Gasteiger partial charge in [0.05, 0.1) is 11.6 Å². The zero-order chi connectivity index (χ0) is 15.2. The molecular weight excluding hydrogens is 262 g/mol. The van der Waals surface area contributed by atoms with Gasteiger partial charge in [0.1, 0.15) is 11.9 Å². The zero-order valence-corrected chi connectivity index (χ0v) is 12.9. The summed E-state index contributed by atoms with van der Waals surface area (Å²) in [5.41, 5.74) is 3.11. The molecule has 1 heterocycles. The summed E-state index contributed by atoms with van der Waals surface area (Å²) >= 11 is 0. The Morgan fingerprint density at radius 2 is 2.00 bits per heavy atom. The second-order valence-corrected chi connectivity index (χ2v) is 6.83. The van der Waals surface area contributed by atoms with Crippen LogP contribution in [0.3, 0.4) is 0 Å². The highest BCUT2D eigenvalue weighted by Gasteiger charge is 2.34. The first kappa shape index (κ1) is 13.9. The van der Waals surface area contributed by atoms with Gasteiger partial charge < -0.3 is 10.1 Å². The van der Waals surface area contributed by atoms with Crippen molar-refractivity contribution in [3.05, 3.63) is 47.6 Å². The lowest BCUT2D eigenvalue weighted by Crippen LogP contribution is -2.34. The van der Waals surface area contributed by atoms with Crippen molar-refractivity contribution in [3.8, 4) is 5.75 Å². The molecule has 2 unspecified atom stereocenters. The van der Waals surface area contributed by atoms with Crippen LogP contribution in [0.4, 0.5) is 5.69 Å². The fourth-order valence-electron chi connectivity index (χ4n) is 2.70.